The van der Waals surface area contributed by atoms with E-state index in [0.29, 0.717) is 12.6 Å². The predicted octanol–water partition coefficient (Wildman–Crippen LogP) is 1.41. The first kappa shape index (κ1) is 13.1. The Morgan fingerprint density at radius 3 is 2.69 bits per heavy atom. The molecule has 16 heavy (non-hydrogen) atoms. The fourth-order valence-electron chi connectivity index (χ4n) is 1.63. The number of nitrogens with zero attached hydrogens (tertiary/aromatic N) is 2. The maximum absolute atomic E-state index is 5.39. The smallest absolute Gasteiger partial charge is 0.164 e. The molecule has 0 aliphatic heterocycles. The lowest BCUT2D eigenvalue weighted by Gasteiger charge is -2.26. The fourth-order valence-corrected chi connectivity index (χ4v) is 1.63. The van der Waals surface area contributed by atoms with E-state index in [-0.39, 0.29) is 5.60 Å². The Labute approximate surface area is 97.0 Å². The van der Waals surface area contributed by atoms with Crippen LogP contribution in [0.15, 0.2) is 0 Å². The van der Waals surface area contributed by atoms with Gasteiger partial charge < -0.3 is 10.1 Å². The van der Waals surface area contributed by atoms with Crippen LogP contribution in [0.5, 0.6) is 0 Å². The Bertz CT molecular complexity index is 322. The van der Waals surface area contributed by atoms with Crippen LogP contribution >= 0.6 is 0 Å². The first-order valence-electron chi connectivity index (χ1n) is 5.59. The average Bonchev–Trinajstić information content (AvgIpc) is 2.61. The third-order valence-corrected chi connectivity index (χ3v) is 2.60. The molecule has 1 rings (SSSR count). The summed E-state index contributed by atoms with van der Waals surface area (Å²) in [5, 5.41) is 10.3. The maximum Gasteiger partial charge on any atom is 0.164 e. The molecule has 0 amide bonds. The van der Waals surface area contributed by atoms with Crippen molar-refractivity contribution in [3.63, 3.8) is 0 Å². The lowest BCUT2D eigenvalue weighted by Crippen LogP contribution is -2.35. The second-order valence-electron chi connectivity index (χ2n) is 4.79. The summed E-state index contributed by atoms with van der Waals surface area (Å²) >= 11 is 0. The molecule has 1 atom stereocenters. The number of nitrogens with one attached hydrogen (secondary N) is 2. The summed E-state index contributed by atoms with van der Waals surface area (Å²) in [4.78, 5) is 4.24. The number of aryl methyl sites for hydroxylation is 1. The first-order valence-corrected chi connectivity index (χ1v) is 5.59. The summed E-state index contributed by atoms with van der Waals surface area (Å²) in [6.07, 6.45) is 0.951. The molecule has 0 aliphatic carbocycles. The van der Waals surface area contributed by atoms with Gasteiger partial charge in [0.25, 0.3) is 0 Å². The third kappa shape index (κ3) is 4.28. The van der Waals surface area contributed by atoms with Crippen molar-refractivity contribution in [2.24, 2.45) is 0 Å². The van der Waals surface area contributed by atoms with Gasteiger partial charge in [0.15, 0.2) is 5.82 Å². The van der Waals surface area contributed by atoms with Crippen LogP contribution in [0.25, 0.3) is 0 Å². The van der Waals surface area contributed by atoms with Gasteiger partial charge in [0.2, 0.25) is 0 Å². The Kier molecular flexibility index (Phi) is 4.44. The molecule has 0 spiro atoms. The van der Waals surface area contributed by atoms with Crippen molar-refractivity contribution in [2.75, 3.05) is 7.11 Å². The van der Waals surface area contributed by atoms with E-state index in [2.05, 4.69) is 41.3 Å². The summed E-state index contributed by atoms with van der Waals surface area (Å²) in [5.74, 6) is 1.65. The van der Waals surface area contributed by atoms with E-state index < -0.39 is 0 Å². The molecular weight excluding hydrogens is 204 g/mol. The molecule has 1 unspecified atom stereocenters. The van der Waals surface area contributed by atoms with Crippen molar-refractivity contribution < 1.29 is 4.74 Å². The number of aromatic amines is 1. The summed E-state index contributed by atoms with van der Waals surface area (Å²) in [6.45, 7) is 8.89. The van der Waals surface area contributed by atoms with Gasteiger partial charge in [-0.15, -0.1) is 0 Å². The molecule has 0 bridgehead atoms. The zero-order valence-corrected chi connectivity index (χ0v) is 10.8. The van der Waals surface area contributed by atoms with Crippen molar-refractivity contribution in [3.8, 4) is 0 Å². The maximum atomic E-state index is 5.39. The zero-order chi connectivity index (χ0) is 12.2. The molecule has 1 heterocycles. The number of H-pyrrole nitrogens is 1. The van der Waals surface area contributed by atoms with E-state index in [1.807, 2.05) is 6.92 Å². The van der Waals surface area contributed by atoms with E-state index in [1.54, 1.807) is 7.11 Å². The molecule has 5 nitrogen and oxygen atoms in total. The SMILES string of the molecule is COC(C)(C)CC(C)NCc1n[nH]c(C)n1. The van der Waals surface area contributed by atoms with Gasteiger partial charge in [0.1, 0.15) is 5.82 Å². The van der Waals surface area contributed by atoms with Gasteiger partial charge in [-0.2, -0.15) is 5.10 Å². The number of ether oxygens (including phenoxy) is 1. The van der Waals surface area contributed by atoms with Crippen LogP contribution in [-0.4, -0.2) is 33.9 Å². The molecule has 0 saturated carbocycles. The van der Waals surface area contributed by atoms with Crippen molar-refractivity contribution in [2.45, 2.75) is 52.3 Å². The minimum absolute atomic E-state index is 0.0959. The van der Waals surface area contributed by atoms with Crippen molar-refractivity contribution in [1.29, 1.82) is 0 Å². The zero-order valence-electron chi connectivity index (χ0n) is 10.8. The molecule has 0 fully saturated rings. The normalized spacial score (nSPS) is 14.1. The molecule has 2 N–H and O–H groups in total. The van der Waals surface area contributed by atoms with Gasteiger partial charge in [0.05, 0.1) is 12.1 Å². The highest BCUT2D eigenvalue weighted by atomic mass is 16.5. The molecule has 0 aliphatic rings. The largest absolute Gasteiger partial charge is 0.379 e. The second-order valence-corrected chi connectivity index (χ2v) is 4.79. The van der Waals surface area contributed by atoms with Gasteiger partial charge in [-0.1, -0.05) is 0 Å². The molecule has 5 heteroatoms. The molecule has 1 aromatic heterocycles. The Morgan fingerprint density at radius 2 is 2.19 bits per heavy atom. The molecule has 92 valence electrons. The summed E-state index contributed by atoms with van der Waals surface area (Å²) in [7, 11) is 1.74. The van der Waals surface area contributed by atoms with Crippen LogP contribution in [0.4, 0.5) is 0 Å². The van der Waals surface area contributed by atoms with Crippen molar-refractivity contribution in [1.82, 2.24) is 20.5 Å². The Hall–Kier alpha value is -0.940. The van der Waals surface area contributed by atoms with Crippen LogP contribution < -0.4 is 5.32 Å². The Balaban J connectivity index is 2.33. The van der Waals surface area contributed by atoms with Crippen LogP contribution in [0.1, 0.15) is 38.8 Å². The van der Waals surface area contributed by atoms with E-state index >= 15 is 0 Å². The summed E-state index contributed by atoms with van der Waals surface area (Å²) < 4.78 is 5.39. The van der Waals surface area contributed by atoms with Gasteiger partial charge in [-0.05, 0) is 34.1 Å². The molecular formula is C11H22N4O. The van der Waals surface area contributed by atoms with Gasteiger partial charge in [0, 0.05) is 13.2 Å². The lowest BCUT2D eigenvalue weighted by atomic mass is 10.00. The number of rotatable bonds is 6. The molecule has 0 radical (unpaired) electrons. The average molecular weight is 226 g/mol. The highest BCUT2D eigenvalue weighted by molar-refractivity contribution is 4.87. The minimum Gasteiger partial charge on any atom is -0.379 e. The summed E-state index contributed by atoms with van der Waals surface area (Å²) in [5.41, 5.74) is -0.0959. The van der Waals surface area contributed by atoms with Crippen LogP contribution in [-0.2, 0) is 11.3 Å². The second kappa shape index (κ2) is 5.41. The predicted molar refractivity (Wildman–Crippen MR) is 63.1 cm³/mol. The summed E-state index contributed by atoms with van der Waals surface area (Å²) in [6, 6.07) is 0.369. The first-order chi connectivity index (χ1) is 7.43. The standard InChI is InChI=1S/C11H22N4O/c1-8(6-11(3,4)16-5)12-7-10-13-9(2)14-15-10/h8,12H,6-7H2,1-5H3,(H,13,14,15). The van der Waals surface area contributed by atoms with Gasteiger partial charge >= 0.3 is 0 Å². The van der Waals surface area contributed by atoms with E-state index in [0.717, 1.165) is 18.1 Å². The van der Waals surface area contributed by atoms with Crippen LogP contribution in [0.3, 0.4) is 0 Å². The number of hydrogen-bond donors (Lipinski definition) is 2. The van der Waals surface area contributed by atoms with Crippen molar-refractivity contribution >= 4 is 0 Å². The van der Waals surface area contributed by atoms with E-state index in [4.69, 9.17) is 4.74 Å². The molecule has 0 aromatic carbocycles. The Morgan fingerprint density at radius 1 is 1.50 bits per heavy atom. The molecule has 0 saturated heterocycles. The van der Waals surface area contributed by atoms with Crippen LogP contribution in [0, 0.1) is 6.92 Å². The molecule has 1 aromatic rings. The highest BCUT2D eigenvalue weighted by Gasteiger charge is 2.19. The number of aromatic nitrogens is 3. The fraction of sp³-hybridized carbons (Fsp3) is 0.818. The van der Waals surface area contributed by atoms with Crippen molar-refractivity contribution in [3.05, 3.63) is 11.6 Å². The van der Waals surface area contributed by atoms with E-state index in [1.165, 1.54) is 0 Å². The third-order valence-electron chi connectivity index (χ3n) is 2.60. The van der Waals surface area contributed by atoms with Gasteiger partial charge in [-0.25, -0.2) is 4.98 Å². The quantitative estimate of drug-likeness (QED) is 0.769. The lowest BCUT2D eigenvalue weighted by molar-refractivity contribution is 0.00839. The topological polar surface area (TPSA) is 62.8 Å². The van der Waals surface area contributed by atoms with Gasteiger partial charge in [-0.3, -0.25) is 5.10 Å². The monoisotopic (exact) mass is 226 g/mol. The van der Waals surface area contributed by atoms with E-state index in [9.17, 15) is 0 Å². The minimum atomic E-state index is -0.0959. The number of methoxy groups -OCH3 is 1. The van der Waals surface area contributed by atoms with Crippen LogP contribution in [0.2, 0.25) is 0 Å². The highest BCUT2D eigenvalue weighted by Crippen LogP contribution is 2.15. The number of hydrogen-bond acceptors (Lipinski definition) is 4.